The van der Waals surface area contributed by atoms with E-state index in [1.165, 1.54) is 6.42 Å². The Kier molecular flexibility index (Phi) is 5.74. The number of hydrogen-bond donors (Lipinski definition) is 0. The summed E-state index contributed by atoms with van der Waals surface area (Å²) < 4.78 is 0. The molecule has 1 unspecified atom stereocenters. The molecule has 25 heavy (non-hydrogen) atoms. The Balaban J connectivity index is 1.74. The van der Waals surface area contributed by atoms with Crippen LogP contribution in [0.5, 0.6) is 0 Å². The van der Waals surface area contributed by atoms with E-state index in [0.29, 0.717) is 17.2 Å². The van der Waals surface area contributed by atoms with Crippen molar-refractivity contribution in [3.8, 4) is 0 Å². The molecule has 2 saturated heterocycles. The van der Waals surface area contributed by atoms with Crippen LogP contribution >= 0.6 is 0 Å². The van der Waals surface area contributed by atoms with Crippen molar-refractivity contribution in [2.45, 2.75) is 38.6 Å². The number of benzene rings is 1. The summed E-state index contributed by atoms with van der Waals surface area (Å²) >= 11 is 0. The molecule has 0 saturated carbocycles. The van der Waals surface area contributed by atoms with Crippen LogP contribution in [-0.2, 0) is 0 Å². The molecule has 2 fully saturated rings. The Morgan fingerprint density at radius 2 is 1.68 bits per heavy atom. The molecule has 2 heterocycles. The second-order valence-corrected chi connectivity index (χ2v) is 7.23. The van der Waals surface area contributed by atoms with Crippen molar-refractivity contribution in [2.24, 2.45) is 0 Å². The fourth-order valence-electron chi connectivity index (χ4n) is 3.84. The van der Waals surface area contributed by atoms with Gasteiger partial charge in [0.15, 0.2) is 0 Å². The van der Waals surface area contributed by atoms with E-state index < -0.39 is 0 Å². The van der Waals surface area contributed by atoms with Crippen molar-refractivity contribution in [1.29, 1.82) is 0 Å². The summed E-state index contributed by atoms with van der Waals surface area (Å²) in [6, 6.07) is 7.61. The quantitative estimate of drug-likeness (QED) is 0.847. The molecule has 136 valence electrons. The summed E-state index contributed by atoms with van der Waals surface area (Å²) in [5, 5.41) is 0. The van der Waals surface area contributed by atoms with Crippen molar-refractivity contribution in [2.75, 3.05) is 39.8 Å². The van der Waals surface area contributed by atoms with E-state index in [4.69, 9.17) is 0 Å². The monoisotopic (exact) mass is 343 g/mol. The molecule has 0 spiro atoms. The summed E-state index contributed by atoms with van der Waals surface area (Å²) in [5.74, 6) is 0.105. The number of piperidine rings is 1. The Morgan fingerprint density at radius 1 is 1.00 bits per heavy atom. The number of amides is 2. The van der Waals surface area contributed by atoms with Crippen LogP contribution in [0.4, 0.5) is 0 Å². The minimum Gasteiger partial charge on any atom is -0.336 e. The fraction of sp³-hybridized carbons (Fsp3) is 0.600. The van der Waals surface area contributed by atoms with Gasteiger partial charge in [0.05, 0.1) is 0 Å². The highest BCUT2D eigenvalue weighted by Crippen LogP contribution is 2.22. The second-order valence-electron chi connectivity index (χ2n) is 7.23. The fourth-order valence-corrected chi connectivity index (χ4v) is 3.84. The summed E-state index contributed by atoms with van der Waals surface area (Å²) in [7, 11) is 2.07. The average Bonchev–Trinajstić information content (AvgIpc) is 2.67. The normalized spacial score (nSPS) is 22.1. The van der Waals surface area contributed by atoms with Crippen LogP contribution in [-0.4, -0.2) is 72.3 Å². The second kappa shape index (κ2) is 8.00. The Hall–Kier alpha value is -1.88. The molecule has 0 aliphatic carbocycles. The van der Waals surface area contributed by atoms with Crippen molar-refractivity contribution >= 4 is 11.8 Å². The van der Waals surface area contributed by atoms with Crippen LogP contribution in [0.2, 0.25) is 0 Å². The first-order valence-corrected chi connectivity index (χ1v) is 9.49. The topological polar surface area (TPSA) is 43.9 Å². The summed E-state index contributed by atoms with van der Waals surface area (Å²) in [4.78, 5) is 31.8. The molecule has 0 radical (unpaired) electrons. The maximum Gasteiger partial charge on any atom is 0.254 e. The molecule has 0 aromatic heterocycles. The minimum atomic E-state index is 0.0356. The van der Waals surface area contributed by atoms with Gasteiger partial charge in [-0.2, -0.15) is 0 Å². The van der Waals surface area contributed by atoms with Crippen molar-refractivity contribution < 1.29 is 9.59 Å². The molecule has 5 nitrogen and oxygen atoms in total. The van der Waals surface area contributed by atoms with E-state index in [2.05, 4.69) is 18.9 Å². The third kappa shape index (κ3) is 4.03. The molecule has 0 bridgehead atoms. The Labute approximate surface area is 150 Å². The van der Waals surface area contributed by atoms with Gasteiger partial charge in [-0.25, -0.2) is 0 Å². The molecule has 2 amide bonds. The predicted molar refractivity (Wildman–Crippen MR) is 98.8 cm³/mol. The number of likely N-dealkylation sites (tertiary alicyclic amines) is 1. The third-order valence-electron chi connectivity index (χ3n) is 5.51. The average molecular weight is 343 g/mol. The van der Waals surface area contributed by atoms with Crippen LogP contribution < -0.4 is 0 Å². The van der Waals surface area contributed by atoms with E-state index in [1.54, 1.807) is 6.07 Å². The largest absolute Gasteiger partial charge is 0.336 e. The van der Waals surface area contributed by atoms with E-state index in [0.717, 1.165) is 52.0 Å². The lowest BCUT2D eigenvalue weighted by atomic mass is 9.98. The van der Waals surface area contributed by atoms with Crippen LogP contribution in [0.3, 0.4) is 0 Å². The lowest BCUT2D eigenvalue weighted by Gasteiger charge is -2.35. The standard InChI is InChI=1S/C20H29N3O2/c1-3-18-9-4-5-10-23(18)20(25)17-8-6-7-16(15-17)19(24)22-13-11-21(2)12-14-22/h6-8,15,18H,3-5,9-14H2,1-2H3. The van der Waals surface area contributed by atoms with E-state index in [9.17, 15) is 9.59 Å². The minimum absolute atomic E-state index is 0.0356. The number of rotatable bonds is 3. The number of hydrogen-bond acceptors (Lipinski definition) is 3. The highest BCUT2D eigenvalue weighted by atomic mass is 16.2. The first-order chi connectivity index (χ1) is 12.1. The molecule has 3 rings (SSSR count). The number of piperazine rings is 1. The van der Waals surface area contributed by atoms with E-state index in [-0.39, 0.29) is 11.8 Å². The molecular formula is C20H29N3O2. The number of likely N-dealkylation sites (N-methyl/N-ethyl adjacent to an activating group) is 1. The van der Waals surface area contributed by atoms with Gasteiger partial charge in [0.2, 0.25) is 0 Å². The predicted octanol–water partition coefficient (Wildman–Crippen LogP) is 2.48. The summed E-state index contributed by atoms with van der Waals surface area (Å²) in [6.07, 6.45) is 4.35. The zero-order chi connectivity index (χ0) is 17.8. The Morgan fingerprint density at radius 3 is 2.36 bits per heavy atom. The number of carbonyl (C=O) groups excluding carboxylic acids is 2. The van der Waals surface area contributed by atoms with Gasteiger partial charge in [-0.1, -0.05) is 13.0 Å². The zero-order valence-corrected chi connectivity index (χ0v) is 15.4. The van der Waals surface area contributed by atoms with E-state index in [1.807, 2.05) is 28.0 Å². The molecule has 1 atom stereocenters. The highest BCUT2D eigenvalue weighted by Gasteiger charge is 2.27. The van der Waals surface area contributed by atoms with Gasteiger partial charge in [-0.3, -0.25) is 9.59 Å². The van der Waals surface area contributed by atoms with Gasteiger partial charge in [0.25, 0.3) is 11.8 Å². The van der Waals surface area contributed by atoms with Crippen molar-refractivity contribution in [1.82, 2.24) is 14.7 Å². The lowest BCUT2D eigenvalue weighted by molar-refractivity contribution is 0.0608. The lowest BCUT2D eigenvalue weighted by Crippen LogP contribution is -2.47. The van der Waals surface area contributed by atoms with Crippen LogP contribution in [0, 0.1) is 0 Å². The first-order valence-electron chi connectivity index (χ1n) is 9.49. The Bertz CT molecular complexity index is 623. The molecular weight excluding hydrogens is 314 g/mol. The van der Waals surface area contributed by atoms with Gasteiger partial charge in [-0.05, 0) is 50.9 Å². The maximum absolute atomic E-state index is 13.0. The molecule has 1 aromatic carbocycles. The SMILES string of the molecule is CCC1CCCCN1C(=O)c1cccc(C(=O)N2CCN(C)CC2)c1. The van der Waals surface area contributed by atoms with Crippen LogP contribution in [0.15, 0.2) is 24.3 Å². The van der Waals surface area contributed by atoms with Gasteiger partial charge < -0.3 is 14.7 Å². The summed E-state index contributed by atoms with van der Waals surface area (Å²) in [6.45, 7) is 6.26. The van der Waals surface area contributed by atoms with Gasteiger partial charge >= 0.3 is 0 Å². The molecule has 1 aromatic rings. The number of nitrogens with zero attached hydrogens (tertiary/aromatic N) is 3. The first kappa shape index (κ1) is 17.9. The third-order valence-corrected chi connectivity index (χ3v) is 5.51. The molecule has 2 aliphatic rings. The zero-order valence-electron chi connectivity index (χ0n) is 15.4. The molecule has 5 heteroatoms. The number of carbonyl (C=O) groups is 2. The molecule has 0 N–H and O–H groups in total. The smallest absolute Gasteiger partial charge is 0.254 e. The van der Waals surface area contributed by atoms with Crippen molar-refractivity contribution in [3.05, 3.63) is 35.4 Å². The van der Waals surface area contributed by atoms with Gasteiger partial charge in [-0.15, -0.1) is 0 Å². The van der Waals surface area contributed by atoms with Crippen LogP contribution in [0.25, 0.3) is 0 Å². The van der Waals surface area contributed by atoms with Crippen molar-refractivity contribution in [3.63, 3.8) is 0 Å². The van der Waals surface area contributed by atoms with Crippen LogP contribution in [0.1, 0.15) is 53.3 Å². The highest BCUT2D eigenvalue weighted by molar-refractivity contribution is 5.99. The summed E-state index contributed by atoms with van der Waals surface area (Å²) in [5.41, 5.74) is 1.26. The maximum atomic E-state index is 13.0. The van der Waals surface area contributed by atoms with Gasteiger partial charge in [0, 0.05) is 49.9 Å². The van der Waals surface area contributed by atoms with Gasteiger partial charge in [0.1, 0.15) is 0 Å². The molecule has 2 aliphatic heterocycles. The van der Waals surface area contributed by atoms with E-state index >= 15 is 0 Å².